The first kappa shape index (κ1) is 7.62. The molecule has 0 bridgehead atoms. The van der Waals surface area contributed by atoms with Crippen LogP contribution in [0, 0.1) is 6.92 Å². The Labute approximate surface area is 76.9 Å². The summed E-state index contributed by atoms with van der Waals surface area (Å²) in [4.78, 5) is 5.07. The second kappa shape index (κ2) is 2.79. The van der Waals surface area contributed by atoms with Crippen LogP contribution in [0.15, 0.2) is 35.5 Å². The SMILES string of the molecule is Cc1cc2ccncc2cc1S. The van der Waals surface area contributed by atoms with Gasteiger partial charge in [-0.1, -0.05) is 6.07 Å². The van der Waals surface area contributed by atoms with Crippen LogP contribution < -0.4 is 0 Å². The second-order valence-electron chi connectivity index (χ2n) is 2.86. The molecule has 0 amide bonds. The van der Waals surface area contributed by atoms with Crippen molar-refractivity contribution in [2.45, 2.75) is 11.8 Å². The summed E-state index contributed by atoms with van der Waals surface area (Å²) in [6.07, 6.45) is 3.66. The molecule has 1 heterocycles. The van der Waals surface area contributed by atoms with Gasteiger partial charge in [0.15, 0.2) is 0 Å². The molecule has 0 spiro atoms. The number of hydrogen-bond donors (Lipinski definition) is 1. The molecule has 0 aliphatic heterocycles. The number of rotatable bonds is 0. The maximum absolute atomic E-state index is 4.35. The van der Waals surface area contributed by atoms with E-state index in [2.05, 4.69) is 30.6 Å². The van der Waals surface area contributed by atoms with Crippen molar-refractivity contribution in [1.82, 2.24) is 4.98 Å². The Morgan fingerprint density at radius 2 is 2.08 bits per heavy atom. The normalized spacial score (nSPS) is 10.5. The van der Waals surface area contributed by atoms with Crippen LogP contribution in [-0.2, 0) is 0 Å². The van der Waals surface area contributed by atoms with Gasteiger partial charge >= 0.3 is 0 Å². The molecule has 0 radical (unpaired) electrons. The summed E-state index contributed by atoms with van der Waals surface area (Å²) in [6, 6.07) is 6.18. The van der Waals surface area contributed by atoms with Gasteiger partial charge in [0.1, 0.15) is 0 Å². The minimum atomic E-state index is 1.02. The maximum atomic E-state index is 4.35. The van der Waals surface area contributed by atoms with Crippen LogP contribution in [0.25, 0.3) is 10.8 Å². The van der Waals surface area contributed by atoms with Crippen LogP contribution >= 0.6 is 12.6 Å². The molecule has 0 saturated carbocycles. The molecule has 2 heteroatoms. The molecular weight excluding hydrogens is 166 g/mol. The zero-order chi connectivity index (χ0) is 8.55. The van der Waals surface area contributed by atoms with Gasteiger partial charge in [-0.3, -0.25) is 4.98 Å². The van der Waals surface area contributed by atoms with Crippen LogP contribution in [0.5, 0.6) is 0 Å². The fraction of sp³-hybridized carbons (Fsp3) is 0.100. The predicted octanol–water partition coefficient (Wildman–Crippen LogP) is 2.83. The second-order valence-corrected chi connectivity index (χ2v) is 3.34. The first-order valence-corrected chi connectivity index (χ1v) is 4.25. The number of benzene rings is 1. The predicted molar refractivity (Wildman–Crippen MR) is 53.7 cm³/mol. The van der Waals surface area contributed by atoms with Gasteiger partial charge in [-0.15, -0.1) is 12.6 Å². The maximum Gasteiger partial charge on any atom is 0.0346 e. The first-order valence-electron chi connectivity index (χ1n) is 3.81. The van der Waals surface area contributed by atoms with E-state index >= 15 is 0 Å². The van der Waals surface area contributed by atoms with Crippen molar-refractivity contribution in [2.24, 2.45) is 0 Å². The van der Waals surface area contributed by atoms with E-state index < -0.39 is 0 Å². The third-order valence-corrected chi connectivity index (χ3v) is 2.44. The highest BCUT2D eigenvalue weighted by Gasteiger charge is 1.96. The monoisotopic (exact) mass is 175 g/mol. The van der Waals surface area contributed by atoms with Crippen LogP contribution in [0.2, 0.25) is 0 Å². The summed E-state index contributed by atoms with van der Waals surface area (Å²) in [5, 5.41) is 2.37. The molecular formula is C10H9NS. The van der Waals surface area contributed by atoms with E-state index in [1.807, 2.05) is 18.3 Å². The van der Waals surface area contributed by atoms with Crippen molar-refractivity contribution in [2.75, 3.05) is 0 Å². The zero-order valence-corrected chi connectivity index (χ0v) is 7.68. The molecule has 1 aromatic heterocycles. The van der Waals surface area contributed by atoms with E-state index in [4.69, 9.17) is 0 Å². The Balaban J connectivity index is 2.84. The summed E-state index contributed by atoms with van der Waals surface area (Å²) in [5.74, 6) is 0. The van der Waals surface area contributed by atoms with Crippen molar-refractivity contribution in [3.05, 3.63) is 36.2 Å². The number of nitrogens with zero attached hydrogens (tertiary/aromatic N) is 1. The summed E-state index contributed by atoms with van der Waals surface area (Å²) in [5.41, 5.74) is 1.21. The lowest BCUT2D eigenvalue weighted by molar-refractivity contribution is 1.31. The Morgan fingerprint density at radius 3 is 2.92 bits per heavy atom. The lowest BCUT2D eigenvalue weighted by Gasteiger charge is -2.01. The Hall–Kier alpha value is -1.02. The molecule has 12 heavy (non-hydrogen) atoms. The van der Waals surface area contributed by atoms with Gasteiger partial charge in [-0.05, 0) is 30.0 Å². The van der Waals surface area contributed by atoms with E-state index in [-0.39, 0.29) is 0 Å². The Bertz CT molecular complexity index is 383. The molecule has 0 atom stereocenters. The van der Waals surface area contributed by atoms with Crippen LogP contribution in [0.4, 0.5) is 0 Å². The van der Waals surface area contributed by atoms with E-state index in [0.29, 0.717) is 0 Å². The Kier molecular flexibility index (Phi) is 1.77. The average Bonchev–Trinajstić information content (AvgIpc) is 2.07. The van der Waals surface area contributed by atoms with E-state index in [0.717, 1.165) is 10.3 Å². The van der Waals surface area contributed by atoms with Crippen LogP contribution in [0.3, 0.4) is 0 Å². The molecule has 1 aromatic carbocycles. The third kappa shape index (κ3) is 1.18. The molecule has 1 nitrogen and oxygen atoms in total. The number of aryl methyl sites for hydroxylation is 1. The molecule has 0 aliphatic carbocycles. The van der Waals surface area contributed by atoms with Crippen molar-refractivity contribution in [3.63, 3.8) is 0 Å². The number of fused-ring (bicyclic) bond motifs is 1. The van der Waals surface area contributed by atoms with Gasteiger partial charge in [-0.2, -0.15) is 0 Å². The molecule has 0 fully saturated rings. The molecule has 2 aromatic rings. The topological polar surface area (TPSA) is 12.9 Å². The molecule has 0 aliphatic rings. The van der Waals surface area contributed by atoms with Crippen molar-refractivity contribution < 1.29 is 0 Å². The minimum Gasteiger partial charge on any atom is -0.264 e. The van der Waals surface area contributed by atoms with Crippen LogP contribution in [-0.4, -0.2) is 4.98 Å². The average molecular weight is 175 g/mol. The summed E-state index contributed by atoms with van der Waals surface area (Å²) in [7, 11) is 0. The molecule has 60 valence electrons. The number of aromatic nitrogens is 1. The fourth-order valence-electron chi connectivity index (χ4n) is 1.24. The van der Waals surface area contributed by atoms with E-state index in [1.165, 1.54) is 10.9 Å². The highest BCUT2D eigenvalue weighted by molar-refractivity contribution is 7.80. The molecule has 2 rings (SSSR count). The fourth-order valence-corrected chi connectivity index (χ4v) is 1.44. The van der Waals surface area contributed by atoms with E-state index in [9.17, 15) is 0 Å². The van der Waals surface area contributed by atoms with Gasteiger partial charge in [-0.25, -0.2) is 0 Å². The zero-order valence-electron chi connectivity index (χ0n) is 6.78. The minimum absolute atomic E-state index is 1.02. The van der Waals surface area contributed by atoms with Gasteiger partial charge in [0.2, 0.25) is 0 Å². The Morgan fingerprint density at radius 1 is 1.25 bits per heavy atom. The molecule has 0 saturated heterocycles. The summed E-state index contributed by atoms with van der Waals surface area (Å²) < 4.78 is 0. The lowest BCUT2D eigenvalue weighted by atomic mass is 10.1. The van der Waals surface area contributed by atoms with Gasteiger partial charge in [0, 0.05) is 22.7 Å². The van der Waals surface area contributed by atoms with Gasteiger partial charge < -0.3 is 0 Å². The highest BCUT2D eigenvalue weighted by Crippen LogP contribution is 2.20. The largest absolute Gasteiger partial charge is 0.264 e. The van der Waals surface area contributed by atoms with Gasteiger partial charge in [0.05, 0.1) is 0 Å². The number of thiol groups is 1. The summed E-state index contributed by atoms with van der Waals surface area (Å²) >= 11 is 4.35. The van der Waals surface area contributed by atoms with Crippen molar-refractivity contribution >= 4 is 23.4 Å². The third-order valence-electron chi connectivity index (χ3n) is 1.96. The summed E-state index contributed by atoms with van der Waals surface area (Å²) in [6.45, 7) is 2.06. The highest BCUT2D eigenvalue weighted by atomic mass is 32.1. The quantitative estimate of drug-likeness (QED) is 0.607. The smallest absolute Gasteiger partial charge is 0.0346 e. The molecule has 0 N–H and O–H groups in total. The van der Waals surface area contributed by atoms with Gasteiger partial charge in [0.25, 0.3) is 0 Å². The standard InChI is InChI=1S/C10H9NS/c1-7-4-8-2-3-11-6-9(8)5-10(7)12/h2-6,12H,1H3. The molecule has 0 unspecified atom stereocenters. The van der Waals surface area contributed by atoms with Crippen molar-refractivity contribution in [1.29, 1.82) is 0 Å². The van der Waals surface area contributed by atoms with E-state index in [1.54, 1.807) is 6.20 Å². The van der Waals surface area contributed by atoms with Crippen molar-refractivity contribution in [3.8, 4) is 0 Å². The number of hydrogen-bond acceptors (Lipinski definition) is 2. The first-order chi connectivity index (χ1) is 5.77. The number of pyridine rings is 1. The van der Waals surface area contributed by atoms with Crippen LogP contribution in [0.1, 0.15) is 5.56 Å². The lowest BCUT2D eigenvalue weighted by Crippen LogP contribution is -1.79.